The number of aryl methyl sites for hydroxylation is 2. The quantitative estimate of drug-likeness (QED) is 0.0169. The fourth-order valence-electron chi connectivity index (χ4n) is 6.58. The summed E-state index contributed by atoms with van der Waals surface area (Å²) in [7, 11) is 1.02. The fraction of sp³-hybridized carbons (Fsp3) is 0.720. The molecule has 0 aliphatic heterocycles. The van der Waals surface area contributed by atoms with Crippen molar-refractivity contribution in [3.05, 3.63) is 71.3 Å². The predicted molar refractivity (Wildman–Crippen MR) is 250 cm³/mol. The molecule has 1 N–H and O–H groups in total. The van der Waals surface area contributed by atoms with Gasteiger partial charge >= 0.3 is 11.9 Å². The van der Waals surface area contributed by atoms with Gasteiger partial charge in [0.1, 0.15) is 31.3 Å². The summed E-state index contributed by atoms with van der Waals surface area (Å²) < 4.78 is 40.1. The molecular weight excluding hydrogens is 806 g/mol. The maximum absolute atomic E-state index is 12.7. The Bertz CT molecular complexity index is 1490. The number of hydrogen-bond acceptors (Lipinski definition) is 10. The molecule has 1 rings (SSSR count). The summed E-state index contributed by atoms with van der Waals surface area (Å²) >= 11 is 0. The number of phosphoric acid groups is 1. The van der Waals surface area contributed by atoms with Crippen molar-refractivity contribution in [3.63, 3.8) is 0 Å². The molecule has 0 radical (unpaired) electrons. The van der Waals surface area contributed by atoms with Crippen LogP contribution in [0.25, 0.3) is 0 Å². The number of nitrogens with zero attached hydrogens (tertiary/aromatic N) is 1. The minimum atomic E-state index is -4.70. The van der Waals surface area contributed by atoms with Crippen molar-refractivity contribution < 1.29 is 51.6 Å². The van der Waals surface area contributed by atoms with Crippen LogP contribution in [0.1, 0.15) is 171 Å². The van der Waals surface area contributed by atoms with Crippen LogP contribution in [0.2, 0.25) is 0 Å². The van der Waals surface area contributed by atoms with Crippen LogP contribution >= 0.6 is 7.82 Å². The van der Waals surface area contributed by atoms with E-state index in [0.29, 0.717) is 30.3 Å². The molecule has 0 saturated heterocycles. The van der Waals surface area contributed by atoms with Crippen LogP contribution in [-0.2, 0) is 45.5 Å². The average Bonchev–Trinajstić information content (AvgIpc) is 3.48. The highest BCUT2D eigenvalue weighted by molar-refractivity contribution is 7.45. The number of carbonyl (C=O) groups excluding carboxylic acids is 2. The van der Waals surface area contributed by atoms with Crippen molar-refractivity contribution in [2.45, 2.75) is 188 Å². The molecule has 0 aromatic carbocycles. The van der Waals surface area contributed by atoms with E-state index in [0.717, 1.165) is 75.7 Å². The average molecular weight is 892 g/mol. The molecule has 0 saturated carbocycles. The minimum absolute atomic E-state index is 0.0125. The summed E-state index contributed by atoms with van der Waals surface area (Å²) in [5, 5.41) is 10.3. The van der Waals surface area contributed by atoms with Crippen molar-refractivity contribution in [2.75, 3.05) is 47.5 Å². The normalized spacial score (nSPS) is 14.4. The van der Waals surface area contributed by atoms with Gasteiger partial charge in [-0.3, -0.25) is 14.2 Å². The molecular formula is C50H86NO10P. The van der Waals surface area contributed by atoms with Gasteiger partial charge in [0.25, 0.3) is 7.82 Å². The van der Waals surface area contributed by atoms with Crippen molar-refractivity contribution in [2.24, 2.45) is 0 Å². The Balaban J connectivity index is 2.42. The van der Waals surface area contributed by atoms with Crippen LogP contribution < -0.4 is 4.89 Å². The van der Waals surface area contributed by atoms with E-state index in [9.17, 15) is 24.2 Å². The van der Waals surface area contributed by atoms with Crippen LogP contribution in [0.4, 0.5) is 0 Å². The lowest BCUT2D eigenvalue weighted by molar-refractivity contribution is -0.870. The Labute approximate surface area is 376 Å². The number of phosphoric ester groups is 1. The smallest absolute Gasteiger partial charge is 0.306 e. The Kier molecular flexibility index (Phi) is 32.8. The zero-order valence-corrected chi connectivity index (χ0v) is 40.8. The monoisotopic (exact) mass is 892 g/mol. The Morgan fingerprint density at radius 2 is 1.27 bits per heavy atom. The van der Waals surface area contributed by atoms with Gasteiger partial charge in [-0.15, -0.1) is 0 Å². The van der Waals surface area contributed by atoms with E-state index >= 15 is 0 Å². The highest BCUT2D eigenvalue weighted by Gasteiger charge is 2.22. The standard InChI is InChI=1S/C50H86NO10P/c1-8-10-12-13-14-15-16-17-18-19-22-25-29-33-45(52)34-32-38-50(54)60-46(42-59-62(55,56)58-40-39-51(5,6)7)41-57-49(53)37-31-27-24-21-20-23-26-30-36-48-44(4)43(3)47(61-48)35-28-11-9-2/h14-15,17-18,22,25,29,33,45-46,52H,8-13,16,19-21,23-24,26-28,30-32,34-42H2,1-7H3/b15-14-,18-17-,25-22-,33-29+/t45-,46+/m0/s1. The summed E-state index contributed by atoms with van der Waals surface area (Å²) in [4.78, 5) is 37.8. The van der Waals surface area contributed by atoms with E-state index in [1.807, 2.05) is 33.3 Å². The number of carbonyl (C=O) groups is 2. The third-order valence-corrected chi connectivity index (χ3v) is 11.6. The second-order valence-electron chi connectivity index (χ2n) is 17.6. The summed E-state index contributed by atoms with van der Waals surface area (Å²) in [6, 6.07) is 0. The summed E-state index contributed by atoms with van der Waals surface area (Å²) in [6.45, 7) is 8.26. The molecule has 3 atom stereocenters. The van der Waals surface area contributed by atoms with Gasteiger partial charge in [-0.05, 0) is 82.8 Å². The molecule has 0 aliphatic carbocycles. The zero-order valence-electron chi connectivity index (χ0n) is 39.9. The second-order valence-corrected chi connectivity index (χ2v) is 19.0. The molecule has 0 aliphatic rings. The Morgan fingerprint density at radius 1 is 0.710 bits per heavy atom. The van der Waals surface area contributed by atoms with Gasteiger partial charge in [0.05, 0.1) is 33.9 Å². The number of ether oxygens (including phenoxy) is 2. The van der Waals surface area contributed by atoms with Crippen LogP contribution in [0.5, 0.6) is 0 Å². The van der Waals surface area contributed by atoms with E-state index < -0.39 is 38.6 Å². The SMILES string of the molecule is CCCCC/C=C\C/C=C\C/C=C\C=C\[C@H](O)CCCC(=O)O[C@H](COC(=O)CCCCCCCCCCc1oc(CCCCC)c(C)c1C)COP(=O)([O-])OCC[N+](C)(C)C. The number of rotatable bonds is 39. The molecule has 0 amide bonds. The number of allylic oxidation sites excluding steroid dienone is 7. The molecule has 0 fully saturated rings. The summed E-state index contributed by atoms with van der Waals surface area (Å²) in [6.07, 6.45) is 35.6. The molecule has 1 heterocycles. The molecule has 1 aromatic heterocycles. The minimum Gasteiger partial charge on any atom is -0.756 e. The van der Waals surface area contributed by atoms with Crippen molar-refractivity contribution in [3.8, 4) is 0 Å². The van der Waals surface area contributed by atoms with Gasteiger partial charge < -0.3 is 37.4 Å². The first-order valence-corrected chi connectivity index (χ1v) is 25.3. The van der Waals surface area contributed by atoms with Gasteiger partial charge in [0, 0.05) is 25.7 Å². The number of likely N-dealkylation sites (N-methyl/N-ethyl adjacent to an activating group) is 1. The van der Waals surface area contributed by atoms with Crippen molar-refractivity contribution >= 4 is 19.8 Å². The first kappa shape index (κ1) is 57.2. The van der Waals surface area contributed by atoms with Gasteiger partial charge in [0.15, 0.2) is 6.10 Å². The molecule has 62 heavy (non-hydrogen) atoms. The third kappa shape index (κ3) is 32.0. The fourth-order valence-corrected chi connectivity index (χ4v) is 7.31. The highest BCUT2D eigenvalue weighted by Crippen LogP contribution is 2.38. The number of furan rings is 1. The predicted octanol–water partition coefficient (Wildman–Crippen LogP) is 11.5. The molecule has 12 heteroatoms. The van der Waals surface area contributed by atoms with E-state index in [1.54, 1.807) is 12.2 Å². The Morgan fingerprint density at radius 3 is 1.92 bits per heavy atom. The molecule has 0 spiro atoms. The van der Waals surface area contributed by atoms with Crippen LogP contribution in [-0.4, -0.2) is 81.2 Å². The lowest BCUT2D eigenvalue weighted by Crippen LogP contribution is -2.37. The summed E-state index contributed by atoms with van der Waals surface area (Å²) in [5.41, 5.74) is 2.64. The first-order chi connectivity index (χ1) is 29.7. The number of esters is 2. The maximum atomic E-state index is 12.7. The van der Waals surface area contributed by atoms with E-state index in [4.69, 9.17) is 22.9 Å². The number of unbranched alkanes of at least 4 members (excludes halogenated alkanes) is 12. The van der Waals surface area contributed by atoms with Gasteiger partial charge in [-0.1, -0.05) is 127 Å². The van der Waals surface area contributed by atoms with Gasteiger partial charge in [0.2, 0.25) is 0 Å². The molecule has 0 bridgehead atoms. The van der Waals surface area contributed by atoms with Crippen LogP contribution in [0.15, 0.2) is 53.0 Å². The first-order valence-electron chi connectivity index (χ1n) is 23.8. The lowest BCUT2D eigenvalue weighted by Gasteiger charge is -2.28. The van der Waals surface area contributed by atoms with Crippen molar-refractivity contribution in [1.29, 1.82) is 0 Å². The highest BCUT2D eigenvalue weighted by atomic mass is 31.2. The van der Waals surface area contributed by atoms with E-state index in [2.05, 4.69) is 52.0 Å². The molecule has 1 unspecified atom stereocenters. The van der Waals surface area contributed by atoms with E-state index in [-0.39, 0.29) is 26.1 Å². The number of hydrogen-bond donors (Lipinski definition) is 1. The zero-order chi connectivity index (χ0) is 45.9. The van der Waals surface area contributed by atoms with Crippen LogP contribution in [0, 0.1) is 13.8 Å². The maximum Gasteiger partial charge on any atom is 0.306 e. The summed E-state index contributed by atoms with van der Waals surface area (Å²) in [5.74, 6) is 1.26. The molecule has 356 valence electrons. The van der Waals surface area contributed by atoms with Crippen molar-refractivity contribution in [1.82, 2.24) is 0 Å². The molecule has 1 aromatic rings. The Hall–Kier alpha value is -2.79. The number of aliphatic hydroxyl groups excluding tert-OH is 1. The lowest BCUT2D eigenvalue weighted by atomic mass is 10.0. The molecule has 11 nitrogen and oxygen atoms in total. The van der Waals surface area contributed by atoms with Gasteiger partial charge in [-0.2, -0.15) is 0 Å². The van der Waals surface area contributed by atoms with Crippen LogP contribution in [0.3, 0.4) is 0 Å². The third-order valence-electron chi connectivity index (χ3n) is 10.7. The number of aliphatic hydroxyl groups is 1. The van der Waals surface area contributed by atoms with E-state index in [1.165, 1.54) is 62.5 Å². The number of quaternary nitrogens is 1. The second kappa shape index (κ2) is 35.5. The topological polar surface area (TPSA) is 145 Å². The largest absolute Gasteiger partial charge is 0.756 e. The van der Waals surface area contributed by atoms with Gasteiger partial charge in [-0.25, -0.2) is 0 Å².